The van der Waals surface area contributed by atoms with Gasteiger partial charge in [0.15, 0.2) is 5.76 Å². The smallest absolute Gasteiger partial charge is 0.290 e. The van der Waals surface area contributed by atoms with Gasteiger partial charge in [-0.3, -0.25) is 4.79 Å². The summed E-state index contributed by atoms with van der Waals surface area (Å²) >= 11 is 0. The van der Waals surface area contributed by atoms with Gasteiger partial charge in [0.05, 0.1) is 11.9 Å². The number of aromatic nitrogens is 1. The van der Waals surface area contributed by atoms with E-state index in [-0.39, 0.29) is 23.6 Å². The van der Waals surface area contributed by atoms with Crippen LogP contribution in [0.25, 0.3) is 0 Å². The van der Waals surface area contributed by atoms with E-state index in [2.05, 4.69) is 4.98 Å². The molecule has 2 aromatic rings. The van der Waals surface area contributed by atoms with Crippen molar-refractivity contribution in [3.05, 3.63) is 54.0 Å². The molecule has 6 heteroatoms. The highest BCUT2D eigenvalue weighted by Crippen LogP contribution is 2.46. The van der Waals surface area contributed by atoms with Crippen molar-refractivity contribution in [3.8, 4) is 0 Å². The van der Waals surface area contributed by atoms with Crippen LogP contribution in [0.5, 0.6) is 0 Å². The molecule has 0 aromatic carbocycles. The third-order valence-corrected chi connectivity index (χ3v) is 4.99. The average Bonchev–Trinajstić information content (AvgIpc) is 3.15. The molecule has 2 fully saturated rings. The molecule has 2 bridgehead atoms. The molecule has 2 aromatic heterocycles. The minimum Gasteiger partial charge on any atom is -0.459 e. The number of piperidine rings is 1. The Kier molecular flexibility index (Phi) is 3.23. The molecule has 0 aliphatic carbocycles. The predicted octanol–water partition coefficient (Wildman–Crippen LogP) is 2.47. The standard InChI is InChI=1S/C17H17FN2O3/c18-15-13(3-1-7-19-15)17(22)9-11-5-6-12(10-17)20(11)16(21)14-4-2-8-23-14/h1-4,7-8,11-12,22H,5-6,9-10H2/t11-,12+,17?. The van der Waals surface area contributed by atoms with Crippen molar-refractivity contribution in [2.24, 2.45) is 0 Å². The number of pyridine rings is 1. The summed E-state index contributed by atoms with van der Waals surface area (Å²) in [4.78, 5) is 18.0. The molecule has 0 spiro atoms. The Balaban J connectivity index is 1.63. The minimum atomic E-state index is -1.27. The number of furan rings is 1. The van der Waals surface area contributed by atoms with E-state index >= 15 is 0 Å². The van der Waals surface area contributed by atoms with E-state index in [1.807, 2.05) is 0 Å². The quantitative estimate of drug-likeness (QED) is 0.864. The maximum atomic E-state index is 14.0. The van der Waals surface area contributed by atoms with Crippen molar-refractivity contribution in [2.45, 2.75) is 43.4 Å². The number of carbonyl (C=O) groups is 1. The first kappa shape index (κ1) is 14.4. The van der Waals surface area contributed by atoms with Crippen LogP contribution in [0.15, 0.2) is 41.1 Å². The summed E-state index contributed by atoms with van der Waals surface area (Å²) < 4.78 is 19.2. The third-order valence-electron chi connectivity index (χ3n) is 4.99. The molecule has 0 saturated carbocycles. The van der Waals surface area contributed by atoms with Gasteiger partial charge in [0, 0.05) is 36.7 Å². The van der Waals surface area contributed by atoms with E-state index in [9.17, 15) is 14.3 Å². The molecule has 120 valence electrons. The van der Waals surface area contributed by atoms with Gasteiger partial charge in [0.2, 0.25) is 5.95 Å². The maximum Gasteiger partial charge on any atom is 0.290 e. The average molecular weight is 316 g/mol. The van der Waals surface area contributed by atoms with Crippen molar-refractivity contribution in [2.75, 3.05) is 0 Å². The predicted molar refractivity (Wildman–Crippen MR) is 79.0 cm³/mol. The normalized spacial score (nSPS) is 29.7. The minimum absolute atomic E-state index is 0.115. The van der Waals surface area contributed by atoms with Crippen LogP contribution in [0.1, 0.15) is 41.8 Å². The molecule has 4 heterocycles. The van der Waals surface area contributed by atoms with Crippen LogP contribution in [-0.2, 0) is 5.60 Å². The Bertz CT molecular complexity index is 717. The van der Waals surface area contributed by atoms with E-state index in [4.69, 9.17) is 4.42 Å². The van der Waals surface area contributed by atoms with Crippen LogP contribution in [0.2, 0.25) is 0 Å². The van der Waals surface area contributed by atoms with Gasteiger partial charge in [-0.05, 0) is 31.0 Å². The lowest BCUT2D eigenvalue weighted by atomic mass is 9.81. The highest BCUT2D eigenvalue weighted by atomic mass is 19.1. The van der Waals surface area contributed by atoms with Crippen LogP contribution < -0.4 is 0 Å². The molecular weight excluding hydrogens is 299 g/mol. The highest BCUT2D eigenvalue weighted by molar-refractivity contribution is 5.92. The van der Waals surface area contributed by atoms with Crippen molar-refractivity contribution in [3.63, 3.8) is 0 Å². The molecular formula is C17H17FN2O3. The fourth-order valence-corrected chi connectivity index (χ4v) is 4.04. The van der Waals surface area contributed by atoms with E-state index in [0.29, 0.717) is 18.6 Å². The topological polar surface area (TPSA) is 66.6 Å². The second-order valence-electron chi connectivity index (χ2n) is 6.36. The second-order valence-corrected chi connectivity index (χ2v) is 6.36. The maximum absolute atomic E-state index is 14.0. The van der Waals surface area contributed by atoms with Gasteiger partial charge >= 0.3 is 0 Å². The van der Waals surface area contributed by atoms with E-state index in [0.717, 1.165) is 12.8 Å². The van der Waals surface area contributed by atoms with Crippen LogP contribution in [0.3, 0.4) is 0 Å². The van der Waals surface area contributed by atoms with Gasteiger partial charge in [0.1, 0.15) is 0 Å². The lowest BCUT2D eigenvalue weighted by molar-refractivity contribution is -0.0510. The number of rotatable bonds is 2. The molecule has 1 N–H and O–H groups in total. The summed E-state index contributed by atoms with van der Waals surface area (Å²) in [5.41, 5.74) is -1.05. The number of hydrogen-bond donors (Lipinski definition) is 1. The number of halogens is 1. The molecule has 4 rings (SSSR count). The van der Waals surface area contributed by atoms with Crippen LogP contribution in [-0.4, -0.2) is 33.0 Å². The first-order valence-electron chi connectivity index (χ1n) is 7.78. The molecule has 0 radical (unpaired) electrons. The number of fused-ring (bicyclic) bond motifs is 2. The Morgan fingerprint density at radius 3 is 2.65 bits per heavy atom. The molecule has 5 nitrogen and oxygen atoms in total. The Hall–Kier alpha value is -2.21. The number of aliphatic hydroxyl groups is 1. The van der Waals surface area contributed by atoms with E-state index < -0.39 is 11.5 Å². The Morgan fingerprint density at radius 2 is 2.04 bits per heavy atom. The summed E-state index contributed by atoms with van der Waals surface area (Å²) in [5, 5.41) is 11.0. The third kappa shape index (κ3) is 2.25. The first-order chi connectivity index (χ1) is 11.1. The van der Waals surface area contributed by atoms with E-state index in [1.165, 1.54) is 12.5 Å². The van der Waals surface area contributed by atoms with Crippen LogP contribution >= 0.6 is 0 Å². The Morgan fingerprint density at radius 1 is 1.30 bits per heavy atom. The summed E-state index contributed by atoms with van der Waals surface area (Å²) in [6.45, 7) is 0. The number of amides is 1. The summed E-state index contributed by atoms with van der Waals surface area (Å²) in [6, 6.07) is 6.29. The zero-order valence-corrected chi connectivity index (χ0v) is 12.5. The number of hydrogen-bond acceptors (Lipinski definition) is 4. The van der Waals surface area contributed by atoms with Crippen LogP contribution in [0, 0.1) is 5.95 Å². The highest BCUT2D eigenvalue weighted by Gasteiger charge is 2.51. The molecule has 1 unspecified atom stereocenters. The van der Waals surface area contributed by atoms with Crippen molar-refractivity contribution >= 4 is 5.91 Å². The first-order valence-corrected chi connectivity index (χ1v) is 7.78. The van der Waals surface area contributed by atoms with Gasteiger partial charge in [-0.15, -0.1) is 0 Å². The fraction of sp³-hybridized carbons (Fsp3) is 0.412. The molecule has 3 atom stereocenters. The zero-order chi connectivity index (χ0) is 16.0. The molecule has 23 heavy (non-hydrogen) atoms. The van der Waals surface area contributed by atoms with Gasteiger partial charge in [0.25, 0.3) is 5.91 Å². The van der Waals surface area contributed by atoms with Gasteiger partial charge in [-0.25, -0.2) is 4.98 Å². The monoisotopic (exact) mass is 316 g/mol. The zero-order valence-electron chi connectivity index (χ0n) is 12.5. The summed E-state index contributed by atoms with van der Waals surface area (Å²) in [5.74, 6) is -0.490. The lowest BCUT2D eigenvalue weighted by Crippen LogP contribution is -2.52. The van der Waals surface area contributed by atoms with Crippen LogP contribution in [0.4, 0.5) is 4.39 Å². The van der Waals surface area contributed by atoms with Gasteiger partial charge in [-0.1, -0.05) is 6.07 Å². The lowest BCUT2D eigenvalue weighted by Gasteiger charge is -2.43. The Labute approximate surface area is 132 Å². The molecule has 2 aliphatic rings. The number of nitrogens with zero attached hydrogens (tertiary/aromatic N) is 2. The summed E-state index contributed by atoms with van der Waals surface area (Å²) in [6.07, 6.45) is 5.09. The van der Waals surface area contributed by atoms with E-state index in [1.54, 1.807) is 29.2 Å². The summed E-state index contributed by atoms with van der Waals surface area (Å²) in [7, 11) is 0. The molecule has 2 saturated heterocycles. The SMILES string of the molecule is O=C(c1ccco1)N1[C@@H]2CC[C@H]1CC(O)(c1cccnc1F)C2. The number of carbonyl (C=O) groups excluding carboxylic acids is 1. The molecule has 2 aliphatic heterocycles. The van der Waals surface area contributed by atoms with Gasteiger partial charge < -0.3 is 14.4 Å². The largest absolute Gasteiger partial charge is 0.459 e. The van der Waals surface area contributed by atoms with Crippen molar-refractivity contribution < 1.29 is 18.7 Å². The van der Waals surface area contributed by atoms with Crippen molar-refractivity contribution in [1.82, 2.24) is 9.88 Å². The fourth-order valence-electron chi connectivity index (χ4n) is 4.04. The second kappa shape index (κ2) is 5.16. The molecule has 1 amide bonds. The van der Waals surface area contributed by atoms with Gasteiger partial charge in [-0.2, -0.15) is 4.39 Å². The van der Waals surface area contributed by atoms with Crippen molar-refractivity contribution in [1.29, 1.82) is 0 Å².